The molecule has 2 amide bonds. The standard InChI is InChI=1S/C30H34N2O4/c1-22-14-16-24(17-15-22)29(30(34)31-20-26-12-8-18-36-26)32(21-25-11-6-7-13-27(25)35-2)28(33)19-23-9-4-3-5-10-23/h3-7,9-11,13-17,26,29H,8,12,18-21H2,1-2H3,(H,31,34). The van der Waals surface area contributed by atoms with Crippen molar-refractivity contribution in [1.29, 1.82) is 0 Å². The van der Waals surface area contributed by atoms with Crippen LogP contribution in [0.25, 0.3) is 0 Å². The maximum absolute atomic E-state index is 13.8. The second-order valence-corrected chi connectivity index (χ2v) is 9.19. The van der Waals surface area contributed by atoms with Crippen LogP contribution in [0.15, 0.2) is 78.9 Å². The predicted molar refractivity (Wildman–Crippen MR) is 140 cm³/mol. The first kappa shape index (κ1) is 25.5. The zero-order valence-corrected chi connectivity index (χ0v) is 21.0. The van der Waals surface area contributed by atoms with Gasteiger partial charge in [-0.1, -0.05) is 78.4 Å². The largest absolute Gasteiger partial charge is 0.496 e. The molecule has 2 unspecified atom stereocenters. The van der Waals surface area contributed by atoms with Gasteiger partial charge in [0.15, 0.2) is 0 Å². The highest BCUT2D eigenvalue weighted by Gasteiger charge is 2.32. The molecule has 0 radical (unpaired) electrons. The molecule has 1 N–H and O–H groups in total. The molecule has 1 saturated heterocycles. The normalized spacial score (nSPS) is 15.8. The van der Waals surface area contributed by atoms with Gasteiger partial charge in [-0.25, -0.2) is 0 Å². The number of hydrogen-bond donors (Lipinski definition) is 1. The van der Waals surface area contributed by atoms with Crippen LogP contribution in [-0.2, 0) is 27.3 Å². The summed E-state index contributed by atoms with van der Waals surface area (Å²) in [5, 5.41) is 3.06. The lowest BCUT2D eigenvalue weighted by Crippen LogP contribution is -2.45. The Morgan fingerprint density at radius 1 is 1.03 bits per heavy atom. The van der Waals surface area contributed by atoms with Gasteiger partial charge in [0, 0.05) is 18.7 Å². The van der Waals surface area contributed by atoms with Crippen molar-refractivity contribution >= 4 is 11.8 Å². The number of para-hydroxylation sites is 1. The molecule has 0 bridgehead atoms. The molecule has 0 saturated carbocycles. The fraction of sp³-hybridized carbons (Fsp3) is 0.333. The summed E-state index contributed by atoms with van der Waals surface area (Å²) in [5.74, 6) is 0.327. The third kappa shape index (κ3) is 6.52. The van der Waals surface area contributed by atoms with Gasteiger partial charge < -0.3 is 19.7 Å². The second kappa shape index (κ2) is 12.4. The van der Waals surface area contributed by atoms with Gasteiger partial charge >= 0.3 is 0 Å². The van der Waals surface area contributed by atoms with Crippen LogP contribution in [-0.4, -0.2) is 43.1 Å². The van der Waals surface area contributed by atoms with Crippen molar-refractivity contribution < 1.29 is 19.1 Å². The summed E-state index contributed by atoms with van der Waals surface area (Å²) >= 11 is 0. The van der Waals surface area contributed by atoms with Crippen LogP contribution >= 0.6 is 0 Å². The molecule has 6 heteroatoms. The number of ether oxygens (including phenoxy) is 2. The Balaban J connectivity index is 1.69. The Hall–Kier alpha value is -3.64. The quantitative estimate of drug-likeness (QED) is 0.454. The Bertz CT molecular complexity index is 1140. The maximum atomic E-state index is 13.8. The average molecular weight is 487 g/mol. The molecule has 1 heterocycles. The molecule has 3 aromatic rings. The van der Waals surface area contributed by atoms with Crippen LogP contribution in [0.5, 0.6) is 5.75 Å². The minimum absolute atomic E-state index is 0.00954. The lowest BCUT2D eigenvalue weighted by atomic mass is 10.00. The Kier molecular flexibility index (Phi) is 8.74. The molecule has 1 aliphatic heterocycles. The van der Waals surface area contributed by atoms with E-state index in [-0.39, 0.29) is 30.9 Å². The Labute approximate surface area is 213 Å². The molecule has 1 aliphatic rings. The van der Waals surface area contributed by atoms with E-state index in [0.717, 1.165) is 41.7 Å². The van der Waals surface area contributed by atoms with Gasteiger partial charge in [-0.3, -0.25) is 9.59 Å². The van der Waals surface area contributed by atoms with Gasteiger partial charge in [-0.05, 0) is 37.0 Å². The fourth-order valence-corrected chi connectivity index (χ4v) is 4.55. The number of carbonyl (C=O) groups is 2. The van der Waals surface area contributed by atoms with Crippen molar-refractivity contribution in [3.8, 4) is 5.75 Å². The highest BCUT2D eigenvalue weighted by Crippen LogP contribution is 2.28. The molecule has 0 spiro atoms. The first-order chi connectivity index (χ1) is 17.5. The van der Waals surface area contributed by atoms with Crippen molar-refractivity contribution in [3.05, 3.63) is 101 Å². The van der Waals surface area contributed by atoms with Gasteiger partial charge in [-0.15, -0.1) is 0 Å². The maximum Gasteiger partial charge on any atom is 0.247 e. The molecule has 2 atom stereocenters. The van der Waals surface area contributed by atoms with E-state index in [1.807, 2.05) is 85.8 Å². The number of nitrogens with one attached hydrogen (secondary N) is 1. The zero-order valence-electron chi connectivity index (χ0n) is 21.0. The van der Waals surface area contributed by atoms with Gasteiger partial charge in [0.25, 0.3) is 0 Å². The van der Waals surface area contributed by atoms with Crippen LogP contribution in [0.2, 0.25) is 0 Å². The van der Waals surface area contributed by atoms with E-state index in [2.05, 4.69) is 5.32 Å². The zero-order chi connectivity index (χ0) is 25.3. The summed E-state index contributed by atoms with van der Waals surface area (Å²) in [6, 6.07) is 24.2. The van der Waals surface area contributed by atoms with Crippen LogP contribution in [0.1, 0.15) is 41.1 Å². The molecule has 36 heavy (non-hydrogen) atoms. The summed E-state index contributed by atoms with van der Waals surface area (Å²) in [6.07, 6.45) is 2.12. The summed E-state index contributed by atoms with van der Waals surface area (Å²) in [6.45, 7) is 3.39. The molecule has 0 aromatic heterocycles. The number of aryl methyl sites for hydroxylation is 1. The van der Waals surface area contributed by atoms with Gasteiger partial charge in [-0.2, -0.15) is 0 Å². The SMILES string of the molecule is COc1ccccc1CN(C(=O)Cc1ccccc1)C(C(=O)NCC1CCCO1)c1ccc(C)cc1. The van der Waals surface area contributed by atoms with E-state index in [1.54, 1.807) is 12.0 Å². The highest BCUT2D eigenvalue weighted by atomic mass is 16.5. The number of benzene rings is 3. The third-order valence-electron chi connectivity index (χ3n) is 6.53. The van der Waals surface area contributed by atoms with E-state index in [0.29, 0.717) is 12.3 Å². The van der Waals surface area contributed by atoms with Crippen molar-refractivity contribution in [2.75, 3.05) is 20.3 Å². The van der Waals surface area contributed by atoms with Crippen LogP contribution < -0.4 is 10.1 Å². The number of nitrogens with zero attached hydrogens (tertiary/aromatic N) is 1. The first-order valence-electron chi connectivity index (χ1n) is 12.5. The van der Waals surface area contributed by atoms with E-state index >= 15 is 0 Å². The highest BCUT2D eigenvalue weighted by molar-refractivity contribution is 5.89. The fourth-order valence-electron chi connectivity index (χ4n) is 4.55. The molecule has 3 aromatic carbocycles. The third-order valence-corrected chi connectivity index (χ3v) is 6.53. The lowest BCUT2D eigenvalue weighted by molar-refractivity contribution is -0.141. The Morgan fingerprint density at radius 3 is 2.44 bits per heavy atom. The topological polar surface area (TPSA) is 67.9 Å². The molecule has 6 nitrogen and oxygen atoms in total. The minimum atomic E-state index is -0.798. The number of hydrogen-bond acceptors (Lipinski definition) is 4. The van der Waals surface area contributed by atoms with E-state index in [1.165, 1.54) is 0 Å². The number of amides is 2. The molecule has 188 valence electrons. The smallest absolute Gasteiger partial charge is 0.247 e. The molecular weight excluding hydrogens is 452 g/mol. The van der Waals surface area contributed by atoms with E-state index in [9.17, 15) is 9.59 Å². The van der Waals surface area contributed by atoms with E-state index in [4.69, 9.17) is 9.47 Å². The minimum Gasteiger partial charge on any atom is -0.496 e. The number of carbonyl (C=O) groups excluding carboxylic acids is 2. The molecule has 4 rings (SSSR count). The molecular formula is C30H34N2O4. The second-order valence-electron chi connectivity index (χ2n) is 9.19. The van der Waals surface area contributed by atoms with Crippen LogP contribution in [0.4, 0.5) is 0 Å². The van der Waals surface area contributed by atoms with Gasteiger partial charge in [0.1, 0.15) is 11.8 Å². The van der Waals surface area contributed by atoms with Crippen molar-refractivity contribution in [1.82, 2.24) is 10.2 Å². The summed E-state index contributed by atoms with van der Waals surface area (Å²) in [4.78, 5) is 29.2. The van der Waals surface area contributed by atoms with Gasteiger partial charge in [0.05, 0.1) is 26.2 Å². The number of rotatable bonds is 10. The Morgan fingerprint density at radius 2 is 1.75 bits per heavy atom. The summed E-state index contributed by atoms with van der Waals surface area (Å²) < 4.78 is 11.3. The van der Waals surface area contributed by atoms with Crippen molar-refractivity contribution in [2.45, 2.75) is 44.9 Å². The summed E-state index contributed by atoms with van der Waals surface area (Å²) in [5.41, 5.74) is 3.59. The molecule has 1 fully saturated rings. The van der Waals surface area contributed by atoms with Crippen molar-refractivity contribution in [2.24, 2.45) is 0 Å². The van der Waals surface area contributed by atoms with Crippen molar-refractivity contribution in [3.63, 3.8) is 0 Å². The van der Waals surface area contributed by atoms with Gasteiger partial charge in [0.2, 0.25) is 11.8 Å². The average Bonchev–Trinajstić information content (AvgIpc) is 3.43. The monoisotopic (exact) mass is 486 g/mol. The lowest BCUT2D eigenvalue weighted by Gasteiger charge is -2.32. The van der Waals surface area contributed by atoms with Crippen LogP contribution in [0, 0.1) is 6.92 Å². The first-order valence-corrected chi connectivity index (χ1v) is 12.5. The molecule has 0 aliphatic carbocycles. The van der Waals surface area contributed by atoms with Crippen LogP contribution in [0.3, 0.4) is 0 Å². The predicted octanol–water partition coefficient (Wildman–Crippen LogP) is 4.61. The number of methoxy groups -OCH3 is 1. The van der Waals surface area contributed by atoms with E-state index < -0.39 is 6.04 Å². The summed E-state index contributed by atoms with van der Waals surface area (Å²) in [7, 11) is 1.61.